The summed E-state index contributed by atoms with van der Waals surface area (Å²) in [5.41, 5.74) is 1.34. The molecule has 2 amide bonds. The van der Waals surface area contributed by atoms with Gasteiger partial charge in [0, 0.05) is 40.3 Å². The quantitative estimate of drug-likeness (QED) is 0.613. The second kappa shape index (κ2) is 10.3. The van der Waals surface area contributed by atoms with Crippen LogP contribution in [0.4, 0.5) is 11.4 Å². The predicted octanol–water partition coefficient (Wildman–Crippen LogP) is 1.08. The SMILES string of the molecule is CN(C)c1ccc(S(=O)(=O)N2CCCCC2)cc1NCC(=O)NCC(=O)N1CCCC1. The molecule has 10 heteroatoms. The van der Waals surface area contributed by atoms with Crippen LogP contribution in [0.15, 0.2) is 23.1 Å². The Hall–Kier alpha value is -2.33. The molecule has 0 aliphatic carbocycles. The number of carbonyl (C=O) groups is 2. The summed E-state index contributed by atoms with van der Waals surface area (Å²) in [5.74, 6) is -0.393. The second-order valence-electron chi connectivity index (χ2n) is 8.26. The fraction of sp³-hybridized carbons (Fsp3) is 0.619. The van der Waals surface area contributed by atoms with Crippen molar-refractivity contribution in [3.8, 4) is 0 Å². The number of sulfonamides is 1. The van der Waals surface area contributed by atoms with E-state index in [9.17, 15) is 18.0 Å². The van der Waals surface area contributed by atoms with Crippen molar-refractivity contribution in [2.24, 2.45) is 0 Å². The first-order chi connectivity index (χ1) is 14.8. The van der Waals surface area contributed by atoms with Gasteiger partial charge in [0.05, 0.1) is 29.4 Å². The Bertz CT molecular complexity index is 891. The molecule has 2 saturated heterocycles. The molecule has 1 aromatic carbocycles. The molecule has 2 aliphatic heterocycles. The van der Waals surface area contributed by atoms with E-state index in [1.165, 1.54) is 4.31 Å². The molecule has 1 aromatic rings. The van der Waals surface area contributed by atoms with Crippen molar-refractivity contribution in [3.05, 3.63) is 18.2 Å². The number of piperidine rings is 1. The van der Waals surface area contributed by atoms with Gasteiger partial charge in [0.1, 0.15) is 0 Å². The lowest BCUT2D eigenvalue weighted by molar-refractivity contribution is -0.131. The fourth-order valence-electron chi connectivity index (χ4n) is 3.95. The third-order valence-electron chi connectivity index (χ3n) is 5.74. The number of hydrogen-bond acceptors (Lipinski definition) is 6. The van der Waals surface area contributed by atoms with E-state index in [4.69, 9.17) is 0 Å². The lowest BCUT2D eigenvalue weighted by Crippen LogP contribution is -2.40. The molecule has 31 heavy (non-hydrogen) atoms. The Labute approximate surface area is 184 Å². The topological polar surface area (TPSA) is 102 Å². The highest BCUT2D eigenvalue weighted by molar-refractivity contribution is 7.89. The van der Waals surface area contributed by atoms with Crippen molar-refractivity contribution in [2.45, 2.75) is 37.0 Å². The molecule has 9 nitrogen and oxygen atoms in total. The highest BCUT2D eigenvalue weighted by atomic mass is 32.2. The van der Waals surface area contributed by atoms with Gasteiger partial charge < -0.3 is 20.4 Å². The van der Waals surface area contributed by atoms with E-state index in [-0.39, 0.29) is 29.8 Å². The average Bonchev–Trinajstić information content (AvgIpc) is 3.31. The summed E-state index contributed by atoms with van der Waals surface area (Å²) in [4.78, 5) is 28.2. The van der Waals surface area contributed by atoms with Crippen LogP contribution in [-0.4, -0.2) is 82.8 Å². The molecule has 2 heterocycles. The van der Waals surface area contributed by atoms with Gasteiger partial charge in [0.25, 0.3) is 0 Å². The molecule has 2 fully saturated rings. The molecule has 0 saturated carbocycles. The highest BCUT2D eigenvalue weighted by Crippen LogP contribution is 2.29. The van der Waals surface area contributed by atoms with Crippen LogP contribution in [0.1, 0.15) is 32.1 Å². The van der Waals surface area contributed by atoms with Crippen LogP contribution >= 0.6 is 0 Å². The number of rotatable bonds is 8. The normalized spacial score (nSPS) is 17.4. The minimum Gasteiger partial charge on any atom is -0.376 e. The predicted molar refractivity (Wildman–Crippen MR) is 121 cm³/mol. The Morgan fingerprint density at radius 2 is 1.61 bits per heavy atom. The average molecular weight is 452 g/mol. The first-order valence-corrected chi connectivity index (χ1v) is 12.3. The third kappa shape index (κ3) is 5.88. The maximum atomic E-state index is 13.0. The molecule has 0 unspecified atom stereocenters. The van der Waals surface area contributed by atoms with Crippen LogP contribution < -0.4 is 15.5 Å². The Morgan fingerprint density at radius 3 is 2.26 bits per heavy atom. The zero-order valence-corrected chi connectivity index (χ0v) is 19.2. The van der Waals surface area contributed by atoms with Gasteiger partial charge in [-0.3, -0.25) is 9.59 Å². The zero-order valence-electron chi connectivity index (χ0n) is 18.4. The van der Waals surface area contributed by atoms with Crippen LogP contribution in [0, 0.1) is 0 Å². The summed E-state index contributed by atoms with van der Waals surface area (Å²) in [5, 5.41) is 5.68. The van der Waals surface area contributed by atoms with Crippen LogP contribution in [0.2, 0.25) is 0 Å². The first kappa shape index (κ1) is 23.3. The van der Waals surface area contributed by atoms with Gasteiger partial charge in [0.15, 0.2) is 0 Å². The van der Waals surface area contributed by atoms with Crippen molar-refractivity contribution in [1.82, 2.24) is 14.5 Å². The van der Waals surface area contributed by atoms with Crippen molar-refractivity contribution in [1.29, 1.82) is 0 Å². The van der Waals surface area contributed by atoms with Crippen LogP contribution in [0.5, 0.6) is 0 Å². The zero-order chi connectivity index (χ0) is 22.4. The molecule has 172 valence electrons. The van der Waals surface area contributed by atoms with E-state index in [0.29, 0.717) is 18.8 Å². The molecular weight excluding hydrogens is 418 g/mol. The maximum absolute atomic E-state index is 13.0. The van der Waals surface area contributed by atoms with Gasteiger partial charge in [-0.2, -0.15) is 4.31 Å². The van der Waals surface area contributed by atoms with Crippen molar-refractivity contribution < 1.29 is 18.0 Å². The van der Waals surface area contributed by atoms with Gasteiger partial charge in [-0.1, -0.05) is 6.42 Å². The summed E-state index contributed by atoms with van der Waals surface area (Å²) in [6, 6.07) is 4.94. The molecule has 0 radical (unpaired) electrons. The van der Waals surface area contributed by atoms with Gasteiger partial charge in [-0.25, -0.2) is 8.42 Å². The monoisotopic (exact) mass is 451 g/mol. The number of amides is 2. The van der Waals surface area contributed by atoms with E-state index in [1.54, 1.807) is 23.1 Å². The Morgan fingerprint density at radius 1 is 0.968 bits per heavy atom. The molecule has 3 rings (SSSR count). The number of benzene rings is 1. The van der Waals surface area contributed by atoms with Crippen LogP contribution in [0.3, 0.4) is 0 Å². The second-order valence-corrected chi connectivity index (χ2v) is 10.2. The smallest absolute Gasteiger partial charge is 0.243 e. The minimum absolute atomic E-state index is 0.0234. The highest BCUT2D eigenvalue weighted by Gasteiger charge is 2.27. The van der Waals surface area contributed by atoms with E-state index in [0.717, 1.165) is 50.9 Å². The number of likely N-dealkylation sites (tertiary alicyclic amines) is 1. The van der Waals surface area contributed by atoms with E-state index < -0.39 is 10.0 Å². The summed E-state index contributed by atoms with van der Waals surface area (Å²) >= 11 is 0. The molecule has 0 spiro atoms. The van der Waals surface area contributed by atoms with Crippen molar-refractivity contribution in [3.63, 3.8) is 0 Å². The largest absolute Gasteiger partial charge is 0.376 e. The molecule has 0 atom stereocenters. The number of carbonyl (C=O) groups excluding carboxylic acids is 2. The fourth-order valence-corrected chi connectivity index (χ4v) is 5.50. The minimum atomic E-state index is -3.57. The van der Waals surface area contributed by atoms with E-state index in [2.05, 4.69) is 10.6 Å². The summed E-state index contributed by atoms with van der Waals surface area (Å²) < 4.78 is 27.6. The maximum Gasteiger partial charge on any atom is 0.243 e. The van der Waals surface area contributed by atoms with Gasteiger partial charge in [-0.05, 0) is 43.9 Å². The van der Waals surface area contributed by atoms with Gasteiger partial charge in [0.2, 0.25) is 21.8 Å². The van der Waals surface area contributed by atoms with Crippen molar-refractivity contribution in [2.75, 3.05) is 63.6 Å². The van der Waals surface area contributed by atoms with E-state index in [1.807, 2.05) is 19.0 Å². The summed E-state index contributed by atoms with van der Waals surface area (Å²) in [7, 11) is 0.138. The number of anilines is 2. The van der Waals surface area contributed by atoms with Gasteiger partial charge >= 0.3 is 0 Å². The molecular formula is C21H33N5O4S. The lowest BCUT2D eigenvalue weighted by atomic mass is 10.2. The van der Waals surface area contributed by atoms with Crippen molar-refractivity contribution >= 4 is 33.2 Å². The lowest BCUT2D eigenvalue weighted by Gasteiger charge is -2.27. The van der Waals surface area contributed by atoms with Gasteiger partial charge in [-0.15, -0.1) is 0 Å². The standard InChI is InChI=1S/C21H33N5O4S/c1-24(2)19-9-8-17(31(29,30)26-12-4-3-5-13-26)14-18(19)22-15-20(27)23-16-21(28)25-10-6-7-11-25/h8-9,14,22H,3-7,10-13,15-16H2,1-2H3,(H,23,27). The number of nitrogens with zero attached hydrogens (tertiary/aromatic N) is 3. The summed E-state index contributed by atoms with van der Waals surface area (Å²) in [6.45, 7) is 2.49. The molecule has 0 aromatic heterocycles. The molecule has 2 N–H and O–H groups in total. The third-order valence-corrected chi connectivity index (χ3v) is 7.63. The number of nitrogens with one attached hydrogen (secondary N) is 2. The molecule has 0 bridgehead atoms. The number of hydrogen-bond donors (Lipinski definition) is 2. The van der Waals surface area contributed by atoms with Crippen LogP contribution in [-0.2, 0) is 19.6 Å². The first-order valence-electron chi connectivity index (χ1n) is 10.9. The Kier molecular flexibility index (Phi) is 7.77. The summed E-state index contributed by atoms with van der Waals surface area (Å²) in [6.07, 6.45) is 4.80. The van der Waals surface area contributed by atoms with Crippen LogP contribution in [0.25, 0.3) is 0 Å². The Balaban J connectivity index is 1.65. The van der Waals surface area contributed by atoms with E-state index >= 15 is 0 Å². The molecule has 2 aliphatic rings.